The normalized spacial score (nSPS) is 36.8. The Morgan fingerprint density at radius 1 is 1.38 bits per heavy atom. The van der Waals surface area contributed by atoms with Crippen molar-refractivity contribution >= 4 is 6.09 Å². The van der Waals surface area contributed by atoms with Crippen LogP contribution in [0.1, 0.15) is 34.1 Å². The Bertz CT molecular complexity index is 319. The number of nitrogens with one attached hydrogen (secondary N) is 1. The van der Waals surface area contributed by atoms with Crippen LogP contribution in [0.25, 0.3) is 0 Å². The van der Waals surface area contributed by atoms with E-state index in [1.54, 1.807) is 4.90 Å². The molecule has 0 bridgehead atoms. The van der Waals surface area contributed by atoms with Crippen molar-refractivity contribution in [2.75, 3.05) is 20.1 Å². The lowest BCUT2D eigenvalue weighted by molar-refractivity contribution is 0.0181. The zero-order valence-corrected chi connectivity index (χ0v) is 10.9. The molecule has 1 N–H and O–H groups in total. The highest BCUT2D eigenvalue weighted by molar-refractivity contribution is 5.70. The van der Waals surface area contributed by atoms with Crippen molar-refractivity contribution in [1.82, 2.24) is 10.2 Å². The van der Waals surface area contributed by atoms with Gasteiger partial charge in [-0.3, -0.25) is 0 Å². The van der Waals surface area contributed by atoms with Gasteiger partial charge in [0.1, 0.15) is 5.60 Å². The fraction of sp³-hybridized carbons (Fsp3) is 0.917. The number of nitrogens with zero attached hydrogens (tertiary/aromatic N) is 1. The van der Waals surface area contributed by atoms with Crippen molar-refractivity contribution in [2.24, 2.45) is 5.41 Å². The number of carbonyl (C=O) groups is 1. The minimum Gasteiger partial charge on any atom is -0.444 e. The molecule has 1 amide bonds. The molecule has 0 radical (unpaired) electrons. The van der Waals surface area contributed by atoms with Gasteiger partial charge in [0.25, 0.3) is 0 Å². The van der Waals surface area contributed by atoms with Crippen molar-refractivity contribution in [3.8, 4) is 0 Å². The summed E-state index contributed by atoms with van der Waals surface area (Å²) in [5.41, 5.74) is -0.173. The molecule has 16 heavy (non-hydrogen) atoms. The molecule has 0 aromatic carbocycles. The van der Waals surface area contributed by atoms with Gasteiger partial charge in [-0.1, -0.05) is 6.92 Å². The molecule has 0 aromatic heterocycles. The quantitative estimate of drug-likeness (QED) is 0.738. The zero-order valence-electron chi connectivity index (χ0n) is 10.9. The Morgan fingerprint density at radius 3 is 2.38 bits per heavy atom. The number of fused-ring (bicyclic) bond motifs is 1. The van der Waals surface area contributed by atoms with E-state index in [-0.39, 0.29) is 17.0 Å². The van der Waals surface area contributed by atoms with Gasteiger partial charge in [-0.15, -0.1) is 0 Å². The minimum absolute atomic E-state index is 0.00463. The molecule has 2 unspecified atom stereocenters. The standard InChI is InChI=1S/C12H22N2O2/c1-10(2,3)16-9(15)14(5)12-6-11(12,4)7-13-8-12/h13H,6-8H2,1-5H3. The second-order valence-corrected chi connectivity index (χ2v) is 6.41. The minimum atomic E-state index is -0.417. The monoisotopic (exact) mass is 226 g/mol. The molecule has 92 valence electrons. The Hall–Kier alpha value is -0.770. The van der Waals surface area contributed by atoms with E-state index < -0.39 is 5.60 Å². The third kappa shape index (κ3) is 1.59. The van der Waals surface area contributed by atoms with Gasteiger partial charge in [0.2, 0.25) is 0 Å². The summed E-state index contributed by atoms with van der Waals surface area (Å²) in [4.78, 5) is 13.8. The van der Waals surface area contributed by atoms with Crippen molar-refractivity contribution in [3.63, 3.8) is 0 Å². The van der Waals surface area contributed by atoms with E-state index in [1.807, 2.05) is 27.8 Å². The molecule has 4 heteroatoms. The fourth-order valence-corrected chi connectivity index (χ4v) is 2.80. The maximum Gasteiger partial charge on any atom is 0.410 e. The highest BCUT2D eigenvalue weighted by Crippen LogP contribution is 2.61. The van der Waals surface area contributed by atoms with Gasteiger partial charge in [0, 0.05) is 25.6 Å². The van der Waals surface area contributed by atoms with Crippen LogP contribution >= 0.6 is 0 Å². The molecule has 1 aliphatic carbocycles. The molecule has 4 nitrogen and oxygen atoms in total. The summed E-state index contributed by atoms with van der Waals surface area (Å²) in [7, 11) is 1.85. The first-order valence-corrected chi connectivity index (χ1v) is 5.88. The van der Waals surface area contributed by atoms with Crippen LogP contribution in [-0.2, 0) is 4.74 Å². The van der Waals surface area contributed by atoms with Gasteiger partial charge in [-0.2, -0.15) is 0 Å². The molecule has 1 saturated carbocycles. The molecule has 1 heterocycles. The van der Waals surface area contributed by atoms with Crippen LogP contribution in [0.3, 0.4) is 0 Å². The summed E-state index contributed by atoms with van der Waals surface area (Å²) < 4.78 is 5.41. The first-order chi connectivity index (χ1) is 7.20. The summed E-state index contributed by atoms with van der Waals surface area (Å²) in [6.07, 6.45) is 0.878. The lowest BCUT2D eigenvalue weighted by Crippen LogP contribution is -2.46. The van der Waals surface area contributed by atoms with Crippen LogP contribution in [-0.4, -0.2) is 42.3 Å². The summed E-state index contributed by atoms with van der Waals surface area (Å²) in [5, 5.41) is 3.35. The second kappa shape index (κ2) is 3.13. The average Bonchev–Trinajstić information content (AvgIpc) is 2.57. The number of amides is 1. The zero-order chi connectivity index (χ0) is 12.2. The number of ether oxygens (including phenoxy) is 1. The van der Waals surface area contributed by atoms with Gasteiger partial charge < -0.3 is 15.0 Å². The van der Waals surface area contributed by atoms with E-state index in [0.717, 1.165) is 19.5 Å². The number of piperidine rings is 1. The van der Waals surface area contributed by atoms with Crippen molar-refractivity contribution in [3.05, 3.63) is 0 Å². The van der Waals surface area contributed by atoms with Crippen LogP contribution in [0, 0.1) is 5.41 Å². The molecular formula is C12H22N2O2. The lowest BCUT2D eigenvalue weighted by Gasteiger charge is -2.30. The molecular weight excluding hydrogens is 204 g/mol. The lowest BCUT2D eigenvalue weighted by atomic mass is 10.1. The molecule has 2 rings (SSSR count). The predicted octanol–water partition coefficient (Wildman–Crippen LogP) is 1.61. The molecule has 0 aromatic rings. The van der Waals surface area contributed by atoms with Crippen LogP contribution in [0.15, 0.2) is 0 Å². The Morgan fingerprint density at radius 2 is 2.00 bits per heavy atom. The second-order valence-electron chi connectivity index (χ2n) is 6.41. The molecule has 2 aliphatic rings. The Kier molecular flexibility index (Phi) is 2.29. The van der Waals surface area contributed by atoms with Crippen LogP contribution in [0.4, 0.5) is 4.79 Å². The largest absolute Gasteiger partial charge is 0.444 e. The number of carbonyl (C=O) groups excluding carboxylic acids is 1. The SMILES string of the molecule is CN(C(=O)OC(C)(C)C)C12CNCC1(C)C2. The summed E-state index contributed by atoms with van der Waals surface area (Å²) in [6, 6.07) is 0. The topological polar surface area (TPSA) is 41.6 Å². The van der Waals surface area contributed by atoms with Gasteiger partial charge >= 0.3 is 6.09 Å². The molecule has 1 aliphatic heterocycles. The maximum absolute atomic E-state index is 12.0. The van der Waals surface area contributed by atoms with Crippen LogP contribution in [0.2, 0.25) is 0 Å². The Labute approximate surface area is 97.3 Å². The molecule has 0 spiro atoms. The van der Waals surface area contributed by atoms with Gasteiger partial charge in [-0.25, -0.2) is 4.79 Å². The van der Waals surface area contributed by atoms with Crippen LogP contribution in [0.5, 0.6) is 0 Å². The first-order valence-electron chi connectivity index (χ1n) is 5.88. The van der Waals surface area contributed by atoms with E-state index in [4.69, 9.17) is 4.74 Å². The van der Waals surface area contributed by atoms with E-state index >= 15 is 0 Å². The van der Waals surface area contributed by atoms with Gasteiger partial charge in [0.05, 0.1) is 5.54 Å². The summed E-state index contributed by atoms with van der Waals surface area (Å²) >= 11 is 0. The molecule has 2 atom stereocenters. The number of rotatable bonds is 1. The van der Waals surface area contributed by atoms with Gasteiger partial charge in [0.15, 0.2) is 0 Å². The van der Waals surface area contributed by atoms with Crippen molar-refractivity contribution in [1.29, 1.82) is 0 Å². The van der Waals surface area contributed by atoms with E-state index in [1.165, 1.54) is 0 Å². The van der Waals surface area contributed by atoms with Crippen molar-refractivity contribution in [2.45, 2.75) is 45.3 Å². The highest BCUT2D eigenvalue weighted by Gasteiger charge is 2.70. The van der Waals surface area contributed by atoms with E-state index in [0.29, 0.717) is 0 Å². The van der Waals surface area contributed by atoms with Crippen LogP contribution < -0.4 is 5.32 Å². The first kappa shape index (κ1) is 11.7. The third-order valence-electron chi connectivity index (χ3n) is 3.92. The predicted molar refractivity (Wildman–Crippen MR) is 62.3 cm³/mol. The van der Waals surface area contributed by atoms with E-state index in [9.17, 15) is 4.79 Å². The highest BCUT2D eigenvalue weighted by atomic mass is 16.6. The Balaban J connectivity index is 2.04. The molecule has 2 fully saturated rings. The summed E-state index contributed by atoms with van der Waals surface area (Å²) in [5.74, 6) is 0. The number of hydrogen-bond acceptors (Lipinski definition) is 3. The third-order valence-corrected chi connectivity index (χ3v) is 3.92. The fourth-order valence-electron chi connectivity index (χ4n) is 2.80. The van der Waals surface area contributed by atoms with E-state index in [2.05, 4.69) is 12.2 Å². The number of likely N-dealkylation sites (N-methyl/N-ethyl adjacent to an activating group) is 1. The average molecular weight is 226 g/mol. The maximum atomic E-state index is 12.0. The van der Waals surface area contributed by atoms with Crippen molar-refractivity contribution < 1.29 is 9.53 Å². The molecule has 1 saturated heterocycles. The van der Waals surface area contributed by atoms with Gasteiger partial charge in [-0.05, 0) is 27.2 Å². The number of hydrogen-bond donors (Lipinski definition) is 1. The smallest absolute Gasteiger partial charge is 0.410 e. The summed E-state index contributed by atoms with van der Waals surface area (Å²) in [6.45, 7) is 9.81.